The summed E-state index contributed by atoms with van der Waals surface area (Å²) < 4.78 is 1.68. The van der Waals surface area contributed by atoms with Crippen LogP contribution in [0.15, 0.2) is 24.3 Å². The molecule has 0 amide bonds. The molecular weight excluding hydrogens is 212 g/mol. The van der Waals surface area contributed by atoms with E-state index >= 15 is 0 Å². The minimum absolute atomic E-state index is 0.393. The molecule has 0 saturated heterocycles. The Kier molecular flexibility index (Phi) is 2.70. The Morgan fingerprint density at radius 2 is 2.13 bits per heavy atom. The molecular formula is C10H11ClN4. The number of nitrogens with two attached hydrogens (primary N) is 1. The summed E-state index contributed by atoms with van der Waals surface area (Å²) in [4.78, 5) is 0. The number of benzene rings is 1. The SMILES string of the molecule is Cc1nnn(-c2ccccc2Cl)c1CN. The van der Waals surface area contributed by atoms with Crippen molar-refractivity contribution >= 4 is 11.6 Å². The summed E-state index contributed by atoms with van der Waals surface area (Å²) in [5, 5.41) is 8.64. The molecule has 2 aromatic rings. The third-order valence-electron chi connectivity index (χ3n) is 2.23. The smallest absolute Gasteiger partial charge is 0.0853 e. The van der Waals surface area contributed by atoms with E-state index in [1.165, 1.54) is 0 Å². The van der Waals surface area contributed by atoms with Crippen LogP contribution in [0.4, 0.5) is 0 Å². The second kappa shape index (κ2) is 4.00. The lowest BCUT2D eigenvalue weighted by atomic mass is 10.3. The van der Waals surface area contributed by atoms with Gasteiger partial charge in [-0.25, -0.2) is 4.68 Å². The monoisotopic (exact) mass is 222 g/mol. The van der Waals surface area contributed by atoms with Crippen molar-refractivity contribution in [3.8, 4) is 5.69 Å². The molecule has 2 rings (SSSR count). The number of hydrogen-bond acceptors (Lipinski definition) is 3. The zero-order chi connectivity index (χ0) is 10.8. The fourth-order valence-electron chi connectivity index (χ4n) is 1.43. The summed E-state index contributed by atoms with van der Waals surface area (Å²) in [7, 11) is 0. The van der Waals surface area contributed by atoms with E-state index in [9.17, 15) is 0 Å². The molecule has 0 aliphatic rings. The molecule has 15 heavy (non-hydrogen) atoms. The van der Waals surface area contributed by atoms with Gasteiger partial charge in [0.15, 0.2) is 0 Å². The summed E-state index contributed by atoms with van der Waals surface area (Å²) >= 11 is 6.07. The van der Waals surface area contributed by atoms with Gasteiger partial charge in [-0.3, -0.25) is 0 Å². The molecule has 0 fully saturated rings. The zero-order valence-electron chi connectivity index (χ0n) is 8.31. The van der Waals surface area contributed by atoms with Gasteiger partial charge in [-0.2, -0.15) is 0 Å². The summed E-state index contributed by atoms with van der Waals surface area (Å²) in [6, 6.07) is 7.47. The standard InChI is InChI=1S/C10H11ClN4/c1-7-10(6-12)15(14-13-7)9-5-3-2-4-8(9)11/h2-5H,6,12H2,1H3. The molecule has 0 aliphatic carbocycles. The van der Waals surface area contributed by atoms with E-state index in [1.807, 2.05) is 31.2 Å². The van der Waals surface area contributed by atoms with Crippen LogP contribution in [0.25, 0.3) is 5.69 Å². The highest BCUT2D eigenvalue weighted by atomic mass is 35.5. The molecule has 0 spiro atoms. The van der Waals surface area contributed by atoms with Gasteiger partial charge < -0.3 is 5.73 Å². The Bertz CT molecular complexity index is 478. The average molecular weight is 223 g/mol. The topological polar surface area (TPSA) is 56.7 Å². The van der Waals surface area contributed by atoms with E-state index in [2.05, 4.69) is 10.3 Å². The summed E-state index contributed by atoms with van der Waals surface area (Å²) in [5.74, 6) is 0. The second-order valence-electron chi connectivity index (χ2n) is 3.19. The Morgan fingerprint density at radius 3 is 2.80 bits per heavy atom. The van der Waals surface area contributed by atoms with Crippen LogP contribution in [0.3, 0.4) is 0 Å². The normalized spacial score (nSPS) is 10.6. The number of para-hydroxylation sites is 1. The van der Waals surface area contributed by atoms with Crippen LogP contribution in [0.2, 0.25) is 5.02 Å². The maximum absolute atomic E-state index is 6.07. The Balaban J connectivity index is 2.59. The molecule has 0 unspecified atom stereocenters. The molecule has 1 aromatic carbocycles. The third-order valence-corrected chi connectivity index (χ3v) is 2.55. The predicted molar refractivity (Wildman–Crippen MR) is 59.0 cm³/mol. The quantitative estimate of drug-likeness (QED) is 0.841. The molecule has 1 aromatic heterocycles. The van der Waals surface area contributed by atoms with Crippen molar-refractivity contribution in [2.45, 2.75) is 13.5 Å². The van der Waals surface area contributed by atoms with Gasteiger partial charge in [0.2, 0.25) is 0 Å². The first-order valence-electron chi connectivity index (χ1n) is 4.60. The van der Waals surface area contributed by atoms with E-state index in [4.69, 9.17) is 17.3 Å². The van der Waals surface area contributed by atoms with Crippen molar-refractivity contribution in [2.75, 3.05) is 0 Å². The van der Waals surface area contributed by atoms with Crippen LogP contribution < -0.4 is 5.73 Å². The first-order chi connectivity index (χ1) is 7.24. The van der Waals surface area contributed by atoms with Crippen molar-refractivity contribution in [3.05, 3.63) is 40.7 Å². The fraction of sp³-hybridized carbons (Fsp3) is 0.200. The summed E-state index contributed by atoms with van der Waals surface area (Å²) in [6.45, 7) is 2.27. The maximum Gasteiger partial charge on any atom is 0.0853 e. The highest BCUT2D eigenvalue weighted by Gasteiger charge is 2.10. The van der Waals surface area contributed by atoms with Crippen LogP contribution in [-0.2, 0) is 6.54 Å². The molecule has 0 atom stereocenters. The van der Waals surface area contributed by atoms with E-state index in [-0.39, 0.29) is 0 Å². The van der Waals surface area contributed by atoms with Crippen LogP contribution >= 0.6 is 11.6 Å². The van der Waals surface area contributed by atoms with E-state index in [0.717, 1.165) is 17.1 Å². The Hall–Kier alpha value is -1.39. The van der Waals surface area contributed by atoms with Crippen LogP contribution in [0, 0.1) is 6.92 Å². The van der Waals surface area contributed by atoms with Gasteiger partial charge in [0.25, 0.3) is 0 Å². The van der Waals surface area contributed by atoms with Gasteiger partial charge in [0.05, 0.1) is 22.1 Å². The lowest BCUT2D eigenvalue weighted by Gasteiger charge is -2.06. The van der Waals surface area contributed by atoms with Gasteiger partial charge in [0, 0.05) is 6.54 Å². The van der Waals surface area contributed by atoms with Crippen LogP contribution in [0.5, 0.6) is 0 Å². The largest absolute Gasteiger partial charge is 0.325 e. The minimum Gasteiger partial charge on any atom is -0.325 e. The van der Waals surface area contributed by atoms with Gasteiger partial charge in [0.1, 0.15) is 0 Å². The van der Waals surface area contributed by atoms with E-state index < -0.39 is 0 Å². The van der Waals surface area contributed by atoms with Crippen LogP contribution in [0.1, 0.15) is 11.4 Å². The van der Waals surface area contributed by atoms with Crippen LogP contribution in [-0.4, -0.2) is 15.0 Å². The van der Waals surface area contributed by atoms with Gasteiger partial charge in [-0.15, -0.1) is 5.10 Å². The number of aryl methyl sites for hydroxylation is 1. The summed E-state index contributed by atoms with van der Waals surface area (Å²) in [5.41, 5.74) is 8.15. The molecule has 0 bridgehead atoms. The lowest BCUT2D eigenvalue weighted by molar-refractivity contribution is 0.762. The summed E-state index contributed by atoms with van der Waals surface area (Å²) in [6.07, 6.45) is 0. The maximum atomic E-state index is 6.07. The molecule has 0 radical (unpaired) electrons. The van der Waals surface area contributed by atoms with Crippen molar-refractivity contribution in [1.29, 1.82) is 0 Å². The zero-order valence-corrected chi connectivity index (χ0v) is 9.07. The van der Waals surface area contributed by atoms with E-state index in [0.29, 0.717) is 11.6 Å². The molecule has 0 aliphatic heterocycles. The fourth-order valence-corrected chi connectivity index (χ4v) is 1.64. The van der Waals surface area contributed by atoms with Gasteiger partial charge in [-0.05, 0) is 19.1 Å². The van der Waals surface area contributed by atoms with Crippen molar-refractivity contribution in [2.24, 2.45) is 5.73 Å². The van der Waals surface area contributed by atoms with Crippen molar-refractivity contribution < 1.29 is 0 Å². The molecule has 0 saturated carbocycles. The van der Waals surface area contributed by atoms with Crippen molar-refractivity contribution in [1.82, 2.24) is 15.0 Å². The van der Waals surface area contributed by atoms with E-state index in [1.54, 1.807) is 4.68 Å². The minimum atomic E-state index is 0.393. The molecule has 5 heteroatoms. The third kappa shape index (κ3) is 1.73. The first-order valence-corrected chi connectivity index (χ1v) is 4.98. The predicted octanol–water partition coefficient (Wildman–Crippen LogP) is 1.69. The van der Waals surface area contributed by atoms with Crippen molar-refractivity contribution in [3.63, 3.8) is 0 Å². The van der Waals surface area contributed by atoms with Gasteiger partial charge >= 0.3 is 0 Å². The number of hydrogen-bond donors (Lipinski definition) is 1. The first kappa shape index (κ1) is 10.1. The Morgan fingerprint density at radius 1 is 1.40 bits per heavy atom. The number of aromatic nitrogens is 3. The molecule has 1 heterocycles. The number of halogens is 1. The number of nitrogens with zero attached hydrogens (tertiary/aromatic N) is 3. The highest BCUT2D eigenvalue weighted by Crippen LogP contribution is 2.20. The molecule has 78 valence electrons. The molecule has 4 nitrogen and oxygen atoms in total. The lowest BCUT2D eigenvalue weighted by Crippen LogP contribution is -2.08. The number of rotatable bonds is 2. The highest BCUT2D eigenvalue weighted by molar-refractivity contribution is 6.32. The van der Waals surface area contributed by atoms with Gasteiger partial charge in [-0.1, -0.05) is 28.9 Å². The molecule has 2 N–H and O–H groups in total. The Labute approximate surface area is 92.7 Å². The average Bonchev–Trinajstić information content (AvgIpc) is 2.60. The second-order valence-corrected chi connectivity index (χ2v) is 3.60.